The van der Waals surface area contributed by atoms with E-state index in [0.717, 1.165) is 14.1 Å². The van der Waals surface area contributed by atoms with Gasteiger partial charge in [0.25, 0.3) is 0 Å². The van der Waals surface area contributed by atoms with E-state index in [4.69, 9.17) is 11.1 Å². The largest absolute Gasteiger partial charge is 0.384 e. The lowest BCUT2D eigenvalue weighted by molar-refractivity contribution is 1.41. The maximum atomic E-state index is 7.24. The average Bonchev–Trinajstić information content (AvgIpc) is 2.04. The molecule has 1 aromatic carbocycles. The number of nitrogens with two attached hydrogens (primary N) is 1. The zero-order valence-corrected chi connectivity index (χ0v) is 8.31. The molecule has 3 N–H and O–H groups in total. The van der Waals surface area contributed by atoms with E-state index in [1.54, 1.807) is 0 Å². The van der Waals surface area contributed by atoms with Crippen molar-refractivity contribution in [3.05, 3.63) is 29.3 Å². The van der Waals surface area contributed by atoms with Crippen LogP contribution in [0.25, 0.3) is 0 Å². The van der Waals surface area contributed by atoms with Crippen LogP contribution in [0.3, 0.4) is 0 Å². The molecule has 0 saturated carbocycles. The minimum Gasteiger partial charge on any atom is -0.384 e. The molecule has 0 saturated heterocycles. The van der Waals surface area contributed by atoms with E-state index in [9.17, 15) is 0 Å². The van der Waals surface area contributed by atoms with Gasteiger partial charge >= 0.3 is 0 Å². The lowest BCUT2D eigenvalue weighted by atomic mass is 10.1. The van der Waals surface area contributed by atoms with Crippen LogP contribution in [0.1, 0.15) is 11.1 Å². The number of hydrogen-bond acceptors (Lipinski definition) is 1. The second-order valence-electron chi connectivity index (χ2n) is 2.69. The molecule has 0 bridgehead atoms. The van der Waals surface area contributed by atoms with Gasteiger partial charge in [0.05, 0.1) is 0 Å². The van der Waals surface area contributed by atoms with Crippen molar-refractivity contribution in [2.45, 2.75) is 6.92 Å². The van der Waals surface area contributed by atoms with Crippen LogP contribution < -0.4 is 11.0 Å². The molecule has 0 amide bonds. The maximum Gasteiger partial charge on any atom is 0.122 e. The third-order valence-corrected chi connectivity index (χ3v) is 2.91. The van der Waals surface area contributed by atoms with Crippen molar-refractivity contribution in [2.24, 2.45) is 5.73 Å². The molecule has 0 fully saturated rings. The molecule has 1 atom stereocenters. The Labute approximate surface area is 74.5 Å². The standard InChI is InChI=1S/C9H13N2P/c1-6-5-7(9(10)11)3-4-8(6)12-2/h3-5,12H,1-2H3,(H3,10,11). The Balaban J connectivity index is 3.10. The van der Waals surface area contributed by atoms with Gasteiger partial charge in [-0.2, -0.15) is 0 Å². The molecule has 0 aromatic heterocycles. The van der Waals surface area contributed by atoms with Crippen molar-refractivity contribution < 1.29 is 0 Å². The van der Waals surface area contributed by atoms with Crippen LogP contribution in [-0.4, -0.2) is 12.5 Å². The highest BCUT2D eigenvalue weighted by molar-refractivity contribution is 7.46. The van der Waals surface area contributed by atoms with Crippen molar-refractivity contribution in [3.63, 3.8) is 0 Å². The average molecular weight is 180 g/mol. The summed E-state index contributed by atoms with van der Waals surface area (Å²) in [5, 5.41) is 8.59. The second-order valence-corrected chi connectivity index (χ2v) is 3.73. The Bertz CT molecular complexity index is 307. The molecule has 0 aliphatic rings. The first-order chi connectivity index (χ1) is 5.65. The first-order valence-corrected chi connectivity index (χ1v) is 5.28. The van der Waals surface area contributed by atoms with Gasteiger partial charge in [-0.05, 0) is 30.5 Å². The number of amidine groups is 1. The fourth-order valence-electron chi connectivity index (χ4n) is 1.11. The summed E-state index contributed by atoms with van der Waals surface area (Å²) in [7, 11) is 0.808. The van der Waals surface area contributed by atoms with Gasteiger partial charge in [-0.15, -0.1) is 0 Å². The number of rotatable bonds is 2. The lowest BCUT2D eigenvalue weighted by Crippen LogP contribution is -2.13. The molecule has 1 aromatic rings. The van der Waals surface area contributed by atoms with E-state index in [1.165, 1.54) is 10.9 Å². The van der Waals surface area contributed by atoms with Gasteiger partial charge in [-0.25, -0.2) is 0 Å². The van der Waals surface area contributed by atoms with E-state index in [2.05, 4.69) is 13.6 Å². The number of nitrogens with one attached hydrogen (secondary N) is 1. The van der Waals surface area contributed by atoms with Gasteiger partial charge < -0.3 is 5.73 Å². The Hall–Kier alpha value is -0.880. The highest BCUT2D eigenvalue weighted by atomic mass is 31.1. The number of hydrogen-bond donors (Lipinski definition) is 2. The van der Waals surface area contributed by atoms with Crippen molar-refractivity contribution >= 4 is 19.7 Å². The minimum atomic E-state index is 0.143. The van der Waals surface area contributed by atoms with Crippen LogP contribution in [0.15, 0.2) is 18.2 Å². The zero-order valence-electron chi connectivity index (χ0n) is 7.31. The fraction of sp³-hybridized carbons (Fsp3) is 0.222. The first kappa shape index (κ1) is 9.21. The van der Waals surface area contributed by atoms with Gasteiger partial charge in [0, 0.05) is 5.56 Å². The van der Waals surface area contributed by atoms with Gasteiger partial charge in [0.1, 0.15) is 5.84 Å². The molecule has 1 unspecified atom stereocenters. The number of aryl methyl sites for hydroxylation is 1. The molecule has 0 aliphatic carbocycles. The van der Waals surface area contributed by atoms with E-state index in [-0.39, 0.29) is 5.84 Å². The summed E-state index contributed by atoms with van der Waals surface area (Å²) in [6.07, 6.45) is 0. The molecule has 64 valence electrons. The molecule has 0 heterocycles. The Kier molecular flexibility index (Phi) is 2.83. The predicted octanol–water partition coefficient (Wildman–Crippen LogP) is 1.21. The molecule has 0 radical (unpaired) electrons. The van der Waals surface area contributed by atoms with Crippen LogP contribution in [0.2, 0.25) is 0 Å². The summed E-state index contributed by atoms with van der Waals surface area (Å²) in [5.74, 6) is 0.143. The number of nitrogen functional groups attached to an aromatic ring is 1. The molecule has 12 heavy (non-hydrogen) atoms. The third-order valence-electron chi connectivity index (χ3n) is 1.81. The topological polar surface area (TPSA) is 49.9 Å². The molecule has 0 aliphatic heterocycles. The van der Waals surface area contributed by atoms with Crippen molar-refractivity contribution in [1.82, 2.24) is 0 Å². The van der Waals surface area contributed by atoms with Crippen LogP contribution in [0.4, 0.5) is 0 Å². The normalized spacial score (nSPS) is 10.8. The first-order valence-electron chi connectivity index (χ1n) is 3.78. The van der Waals surface area contributed by atoms with E-state index in [0.29, 0.717) is 0 Å². The summed E-state index contributed by atoms with van der Waals surface area (Å²) in [6, 6.07) is 5.92. The Morgan fingerprint density at radius 3 is 2.58 bits per heavy atom. The smallest absolute Gasteiger partial charge is 0.122 e. The molecular formula is C9H13N2P. The minimum absolute atomic E-state index is 0.143. The highest BCUT2D eigenvalue weighted by Gasteiger charge is 1.99. The van der Waals surface area contributed by atoms with Gasteiger partial charge in [-0.1, -0.05) is 20.7 Å². The van der Waals surface area contributed by atoms with Crippen LogP contribution >= 0.6 is 8.58 Å². The van der Waals surface area contributed by atoms with Gasteiger partial charge in [0.15, 0.2) is 0 Å². The summed E-state index contributed by atoms with van der Waals surface area (Å²) in [5.41, 5.74) is 7.40. The molecule has 1 rings (SSSR count). The summed E-state index contributed by atoms with van der Waals surface area (Å²) in [6.45, 7) is 4.20. The zero-order chi connectivity index (χ0) is 9.14. The highest BCUT2D eigenvalue weighted by Crippen LogP contribution is 2.10. The van der Waals surface area contributed by atoms with Gasteiger partial charge in [-0.3, -0.25) is 5.41 Å². The fourth-order valence-corrected chi connectivity index (χ4v) is 1.83. The summed E-state index contributed by atoms with van der Waals surface area (Å²) < 4.78 is 0. The lowest BCUT2D eigenvalue weighted by Gasteiger charge is -2.04. The molecule has 2 nitrogen and oxygen atoms in total. The predicted molar refractivity (Wildman–Crippen MR) is 56.1 cm³/mol. The Morgan fingerprint density at radius 2 is 2.17 bits per heavy atom. The van der Waals surface area contributed by atoms with Crippen LogP contribution in [0.5, 0.6) is 0 Å². The summed E-state index contributed by atoms with van der Waals surface area (Å²) >= 11 is 0. The van der Waals surface area contributed by atoms with E-state index < -0.39 is 0 Å². The van der Waals surface area contributed by atoms with Crippen LogP contribution in [0, 0.1) is 12.3 Å². The SMILES string of the molecule is CPc1ccc(C(=N)N)cc1C. The van der Waals surface area contributed by atoms with E-state index >= 15 is 0 Å². The van der Waals surface area contributed by atoms with Gasteiger partial charge in [0.2, 0.25) is 0 Å². The van der Waals surface area contributed by atoms with Crippen molar-refractivity contribution in [2.75, 3.05) is 6.66 Å². The maximum absolute atomic E-state index is 7.24. The summed E-state index contributed by atoms with van der Waals surface area (Å²) in [4.78, 5) is 0. The molecular weight excluding hydrogens is 167 g/mol. The quantitative estimate of drug-likeness (QED) is 0.401. The molecule has 3 heteroatoms. The number of benzene rings is 1. The van der Waals surface area contributed by atoms with Crippen molar-refractivity contribution in [3.8, 4) is 0 Å². The second kappa shape index (κ2) is 3.68. The third kappa shape index (κ3) is 1.83. The van der Waals surface area contributed by atoms with Crippen LogP contribution in [-0.2, 0) is 0 Å². The van der Waals surface area contributed by atoms with E-state index in [1.807, 2.05) is 18.2 Å². The monoisotopic (exact) mass is 180 g/mol. The van der Waals surface area contributed by atoms with Crippen molar-refractivity contribution in [1.29, 1.82) is 5.41 Å². The molecule has 0 spiro atoms. The Morgan fingerprint density at radius 1 is 1.50 bits per heavy atom.